The van der Waals surface area contributed by atoms with Crippen molar-refractivity contribution in [3.63, 3.8) is 0 Å². The van der Waals surface area contributed by atoms with Gasteiger partial charge in [-0.15, -0.1) is 0 Å². The number of hydrogen-bond acceptors (Lipinski definition) is 1. The fourth-order valence-corrected chi connectivity index (χ4v) is 6.27. The van der Waals surface area contributed by atoms with E-state index in [1.807, 2.05) is 0 Å². The van der Waals surface area contributed by atoms with E-state index in [1.54, 1.807) is 0 Å². The Balaban J connectivity index is 3.97. The second-order valence-corrected chi connectivity index (χ2v) is 15.3. The van der Waals surface area contributed by atoms with Crippen LogP contribution in [0.15, 0.2) is 0 Å². The summed E-state index contributed by atoms with van der Waals surface area (Å²) in [5.74, 6) is 0. The number of halogens is 2. The average molecular weight is 245 g/mol. The summed E-state index contributed by atoms with van der Waals surface area (Å²) in [6, 6.07) is 0. The van der Waals surface area contributed by atoms with Crippen molar-refractivity contribution < 1.29 is 0 Å². The van der Waals surface area contributed by atoms with Gasteiger partial charge in [-0.3, -0.25) is 0 Å². The molecule has 10 heavy (non-hydrogen) atoms. The van der Waals surface area contributed by atoms with E-state index in [9.17, 15) is 0 Å². The maximum atomic E-state index is 6.17. The Bertz CT molecular complexity index is 93.7. The molecule has 0 aromatic heterocycles. The van der Waals surface area contributed by atoms with E-state index >= 15 is 0 Å². The zero-order valence-electron chi connectivity index (χ0n) is 6.82. The van der Waals surface area contributed by atoms with Gasteiger partial charge >= 0.3 is 74.6 Å². The Hall–Kier alpha value is 1.08. The maximum absolute atomic E-state index is 6.17. The molecule has 4 heteroatoms. The van der Waals surface area contributed by atoms with Crippen molar-refractivity contribution >= 4 is 31.6 Å². The van der Waals surface area contributed by atoms with Crippen molar-refractivity contribution in [3.05, 3.63) is 0 Å². The first-order valence-corrected chi connectivity index (χ1v) is 11.6. The van der Waals surface area contributed by atoms with E-state index in [0.717, 1.165) is 18.3 Å². The first-order chi connectivity index (χ1) is 4.58. The second-order valence-electron chi connectivity index (χ2n) is 2.19. The molecule has 0 unspecified atom stereocenters. The van der Waals surface area contributed by atoms with E-state index in [1.165, 1.54) is 0 Å². The summed E-state index contributed by atoms with van der Waals surface area (Å²) in [5, 5.41) is 0.949. The molecule has 62 valence electrons. The summed E-state index contributed by atoms with van der Waals surface area (Å²) in [6.45, 7) is 8.24. The fourth-order valence-electron chi connectivity index (χ4n) is 0.910. The Morgan fingerprint density at radius 1 is 1.10 bits per heavy atom. The van der Waals surface area contributed by atoms with E-state index in [0.29, 0.717) is 0 Å². The Labute approximate surface area is 74.6 Å². The molecule has 0 atom stereocenters. The van der Waals surface area contributed by atoms with Gasteiger partial charge in [-0.25, -0.2) is 0 Å². The van der Waals surface area contributed by atoms with Crippen LogP contribution in [0.25, 0.3) is 0 Å². The van der Waals surface area contributed by atoms with Gasteiger partial charge in [-0.1, -0.05) is 0 Å². The Morgan fingerprint density at radius 2 is 1.50 bits per heavy atom. The SMILES string of the molecule is CC[N](CC)[Ge]([Cl])([Cl])[CH2]C. The molecule has 0 aliphatic heterocycles. The van der Waals surface area contributed by atoms with Crippen LogP contribution in [0.3, 0.4) is 0 Å². The van der Waals surface area contributed by atoms with Crippen LogP contribution in [0.2, 0.25) is 5.25 Å². The summed E-state index contributed by atoms with van der Waals surface area (Å²) in [7, 11) is 12.3. The molecule has 0 N–H and O–H groups in total. The molecule has 0 aliphatic carbocycles. The molecule has 0 rings (SSSR count). The average Bonchev–Trinajstić information content (AvgIpc) is 1.90. The van der Waals surface area contributed by atoms with E-state index in [-0.39, 0.29) is 0 Å². The van der Waals surface area contributed by atoms with E-state index in [2.05, 4.69) is 24.6 Å². The van der Waals surface area contributed by atoms with Gasteiger partial charge in [0, 0.05) is 0 Å². The van der Waals surface area contributed by atoms with Gasteiger partial charge in [-0.05, 0) is 0 Å². The number of nitrogens with zero attached hydrogens (tertiary/aromatic N) is 1. The van der Waals surface area contributed by atoms with Gasteiger partial charge in [0.05, 0.1) is 0 Å². The quantitative estimate of drug-likeness (QED) is 0.688. The van der Waals surface area contributed by atoms with Crippen molar-refractivity contribution in [3.8, 4) is 0 Å². The molecule has 0 saturated heterocycles. The van der Waals surface area contributed by atoms with Gasteiger partial charge in [0.25, 0.3) is 0 Å². The number of rotatable bonds is 4. The van der Waals surface area contributed by atoms with Crippen molar-refractivity contribution in [2.45, 2.75) is 26.0 Å². The third-order valence-electron chi connectivity index (χ3n) is 1.65. The summed E-state index contributed by atoms with van der Waals surface area (Å²) < 4.78 is 2.21. The summed E-state index contributed by atoms with van der Waals surface area (Å²) in [5.41, 5.74) is 0. The minimum atomic E-state index is -2.51. The molecule has 0 heterocycles. The molecule has 1 nitrogen and oxygen atoms in total. The molecule has 0 radical (unpaired) electrons. The Morgan fingerprint density at radius 3 is 1.60 bits per heavy atom. The first kappa shape index (κ1) is 11.1. The molecule has 0 saturated carbocycles. The van der Waals surface area contributed by atoms with Crippen molar-refractivity contribution in [2.24, 2.45) is 0 Å². The van der Waals surface area contributed by atoms with Gasteiger partial charge in [0.15, 0.2) is 0 Å². The number of hydrogen-bond donors (Lipinski definition) is 0. The zero-order valence-corrected chi connectivity index (χ0v) is 10.4. The van der Waals surface area contributed by atoms with Gasteiger partial charge in [0.2, 0.25) is 0 Å². The molecule has 0 fully saturated rings. The van der Waals surface area contributed by atoms with Gasteiger partial charge in [-0.2, -0.15) is 0 Å². The monoisotopic (exact) mass is 245 g/mol. The van der Waals surface area contributed by atoms with Crippen molar-refractivity contribution in [2.75, 3.05) is 13.1 Å². The van der Waals surface area contributed by atoms with Gasteiger partial charge in [0.1, 0.15) is 0 Å². The first-order valence-electron chi connectivity index (χ1n) is 3.71. The molecule has 0 amide bonds. The fraction of sp³-hybridized carbons (Fsp3) is 1.00. The van der Waals surface area contributed by atoms with E-state index < -0.39 is 11.6 Å². The molecular formula is C6H15Cl2GeN. The van der Waals surface area contributed by atoms with Crippen LogP contribution in [0.5, 0.6) is 0 Å². The van der Waals surface area contributed by atoms with Crippen LogP contribution in [0, 0.1) is 0 Å². The van der Waals surface area contributed by atoms with Crippen molar-refractivity contribution in [1.29, 1.82) is 0 Å². The van der Waals surface area contributed by atoms with Crippen LogP contribution in [-0.4, -0.2) is 28.6 Å². The summed E-state index contributed by atoms with van der Waals surface area (Å²) >= 11 is -2.51. The zero-order chi connectivity index (χ0) is 8.20. The summed E-state index contributed by atoms with van der Waals surface area (Å²) in [6.07, 6.45) is 0. The second kappa shape index (κ2) is 4.86. The van der Waals surface area contributed by atoms with Crippen LogP contribution in [0.4, 0.5) is 0 Å². The predicted molar refractivity (Wildman–Crippen MR) is 50.9 cm³/mol. The molecular weight excluding hydrogens is 230 g/mol. The van der Waals surface area contributed by atoms with Crippen LogP contribution < -0.4 is 0 Å². The third-order valence-corrected chi connectivity index (χ3v) is 12.0. The van der Waals surface area contributed by atoms with E-state index in [4.69, 9.17) is 20.0 Å². The van der Waals surface area contributed by atoms with Gasteiger partial charge < -0.3 is 0 Å². The normalized spacial score (nSPS) is 12.6. The topological polar surface area (TPSA) is 3.24 Å². The Kier molecular flexibility index (Phi) is 5.39. The molecule has 0 aromatic rings. The summed E-state index contributed by atoms with van der Waals surface area (Å²) in [4.78, 5) is 0. The third kappa shape index (κ3) is 2.99. The standard InChI is InChI=1S/C6H15Cl2GeN/c1-4-9(7,8)10(5-2)6-3/h4-6H2,1-3H3. The molecule has 0 aromatic carbocycles. The predicted octanol–water partition coefficient (Wildman–Crippen LogP) is 2.76. The van der Waals surface area contributed by atoms with Crippen LogP contribution in [-0.2, 0) is 0 Å². The minimum absolute atomic E-state index is 0.949. The van der Waals surface area contributed by atoms with Crippen LogP contribution in [0.1, 0.15) is 20.8 Å². The van der Waals surface area contributed by atoms with Crippen molar-refractivity contribution in [1.82, 2.24) is 3.86 Å². The molecule has 0 bridgehead atoms. The van der Waals surface area contributed by atoms with Crippen LogP contribution >= 0.6 is 20.0 Å². The molecule has 0 spiro atoms. The molecule has 0 aliphatic rings.